The van der Waals surface area contributed by atoms with Gasteiger partial charge >= 0.3 is 0 Å². The van der Waals surface area contributed by atoms with Gasteiger partial charge in [-0.2, -0.15) is 4.72 Å². The number of benzene rings is 2. The first-order valence-corrected chi connectivity index (χ1v) is 12.0. The fraction of sp³-hybridized carbons (Fsp3) is 0.250. The maximum absolute atomic E-state index is 14.1. The van der Waals surface area contributed by atoms with Crippen LogP contribution in [-0.4, -0.2) is 32.0 Å². The predicted molar refractivity (Wildman–Crippen MR) is 123 cm³/mol. The molecule has 0 aliphatic carbocycles. The van der Waals surface area contributed by atoms with E-state index in [1.807, 2.05) is 13.0 Å². The number of pyridine rings is 1. The maximum atomic E-state index is 14.1. The Kier molecular flexibility index (Phi) is 8.51. The van der Waals surface area contributed by atoms with Crippen molar-refractivity contribution in [3.63, 3.8) is 0 Å². The van der Waals surface area contributed by atoms with Gasteiger partial charge < -0.3 is 10.1 Å². The Morgan fingerprint density at radius 1 is 1.06 bits per heavy atom. The van der Waals surface area contributed by atoms with Crippen molar-refractivity contribution in [2.45, 2.75) is 37.2 Å². The maximum Gasteiger partial charge on any atom is 0.244 e. The van der Waals surface area contributed by atoms with Gasteiger partial charge in [0.15, 0.2) is 0 Å². The van der Waals surface area contributed by atoms with Gasteiger partial charge in [-0.1, -0.05) is 55.5 Å². The standard InChI is InChI=1S/C24H26FN3O4S/c1-2-15-32-24-19(11-8-14-26-24)17-27-23(29)21(16-18-9-4-3-5-10-18)28-33(30,31)22-13-7-6-12-20(22)25/h3-14,21,28H,2,15-17H2,1H3,(H,27,29). The molecule has 33 heavy (non-hydrogen) atoms. The molecule has 174 valence electrons. The number of nitrogens with zero attached hydrogens (tertiary/aromatic N) is 1. The van der Waals surface area contributed by atoms with Crippen LogP contribution in [0.25, 0.3) is 0 Å². The monoisotopic (exact) mass is 471 g/mol. The molecule has 0 radical (unpaired) electrons. The lowest BCUT2D eigenvalue weighted by Crippen LogP contribution is -2.47. The number of carbonyl (C=O) groups is 1. The predicted octanol–water partition coefficient (Wildman–Crippen LogP) is 3.22. The van der Waals surface area contributed by atoms with Crippen LogP contribution in [0.4, 0.5) is 4.39 Å². The van der Waals surface area contributed by atoms with E-state index in [1.54, 1.807) is 42.6 Å². The summed E-state index contributed by atoms with van der Waals surface area (Å²) in [6.45, 7) is 2.55. The quantitative estimate of drug-likeness (QED) is 0.448. The number of hydrogen-bond donors (Lipinski definition) is 2. The summed E-state index contributed by atoms with van der Waals surface area (Å²) in [6.07, 6.45) is 2.49. The zero-order valence-corrected chi connectivity index (χ0v) is 19.0. The van der Waals surface area contributed by atoms with Gasteiger partial charge in [0, 0.05) is 18.3 Å². The van der Waals surface area contributed by atoms with Gasteiger partial charge in [0.1, 0.15) is 16.8 Å². The molecule has 0 aliphatic rings. The number of aromatic nitrogens is 1. The molecule has 0 saturated heterocycles. The van der Waals surface area contributed by atoms with Crippen LogP contribution in [0.15, 0.2) is 77.8 Å². The molecule has 0 saturated carbocycles. The summed E-state index contributed by atoms with van der Waals surface area (Å²) in [5.41, 5.74) is 1.41. The molecular weight excluding hydrogens is 445 g/mol. The first-order valence-electron chi connectivity index (χ1n) is 10.6. The number of ether oxygens (including phenoxy) is 1. The van der Waals surface area contributed by atoms with Gasteiger partial charge in [-0.3, -0.25) is 4.79 Å². The van der Waals surface area contributed by atoms with Crippen LogP contribution in [0.3, 0.4) is 0 Å². The zero-order chi connectivity index (χ0) is 23.7. The Labute approximate surface area is 193 Å². The summed E-state index contributed by atoms with van der Waals surface area (Å²) in [4.78, 5) is 16.7. The van der Waals surface area contributed by atoms with Crippen LogP contribution in [0, 0.1) is 5.82 Å². The van der Waals surface area contributed by atoms with E-state index >= 15 is 0 Å². The molecule has 2 N–H and O–H groups in total. The normalized spacial score (nSPS) is 12.2. The molecule has 1 amide bonds. The minimum atomic E-state index is -4.28. The van der Waals surface area contributed by atoms with Crippen molar-refractivity contribution < 1.29 is 22.3 Å². The van der Waals surface area contributed by atoms with E-state index in [-0.39, 0.29) is 13.0 Å². The number of hydrogen-bond acceptors (Lipinski definition) is 5. The second kappa shape index (κ2) is 11.5. The molecule has 1 atom stereocenters. The number of rotatable bonds is 11. The Bertz CT molecular complexity index is 1170. The van der Waals surface area contributed by atoms with Crippen LogP contribution in [0.1, 0.15) is 24.5 Å². The third kappa shape index (κ3) is 6.84. The van der Waals surface area contributed by atoms with Gasteiger partial charge in [0.05, 0.1) is 6.61 Å². The van der Waals surface area contributed by atoms with E-state index in [2.05, 4.69) is 15.0 Å². The molecule has 3 aromatic rings. The van der Waals surface area contributed by atoms with Crippen LogP contribution in [0.5, 0.6) is 5.88 Å². The van der Waals surface area contributed by atoms with Crippen LogP contribution < -0.4 is 14.8 Å². The highest BCUT2D eigenvalue weighted by Gasteiger charge is 2.28. The molecular formula is C24H26FN3O4S. The average Bonchev–Trinajstić information content (AvgIpc) is 2.82. The molecule has 3 rings (SSSR count). The van der Waals surface area contributed by atoms with E-state index in [9.17, 15) is 17.6 Å². The second-order valence-electron chi connectivity index (χ2n) is 7.33. The fourth-order valence-corrected chi connectivity index (χ4v) is 4.42. The van der Waals surface area contributed by atoms with Crippen LogP contribution >= 0.6 is 0 Å². The van der Waals surface area contributed by atoms with E-state index < -0.39 is 32.7 Å². The topological polar surface area (TPSA) is 97.4 Å². The minimum Gasteiger partial charge on any atom is -0.477 e. The zero-order valence-electron chi connectivity index (χ0n) is 18.2. The van der Waals surface area contributed by atoms with Crippen molar-refractivity contribution in [2.24, 2.45) is 0 Å². The van der Waals surface area contributed by atoms with Crippen LogP contribution in [0.2, 0.25) is 0 Å². The lowest BCUT2D eigenvalue weighted by Gasteiger charge is -2.19. The summed E-state index contributed by atoms with van der Waals surface area (Å²) >= 11 is 0. The Balaban J connectivity index is 1.79. The van der Waals surface area contributed by atoms with Crippen molar-refractivity contribution in [3.8, 4) is 5.88 Å². The largest absolute Gasteiger partial charge is 0.477 e. The number of sulfonamides is 1. The summed E-state index contributed by atoms with van der Waals surface area (Å²) in [5, 5.41) is 2.75. The molecule has 1 aromatic heterocycles. The molecule has 0 bridgehead atoms. The summed E-state index contributed by atoms with van der Waals surface area (Å²) < 4.78 is 47.8. The lowest BCUT2D eigenvalue weighted by atomic mass is 10.1. The molecule has 1 unspecified atom stereocenters. The second-order valence-corrected chi connectivity index (χ2v) is 9.01. The summed E-state index contributed by atoms with van der Waals surface area (Å²) in [5.74, 6) is -1.03. The smallest absolute Gasteiger partial charge is 0.244 e. The Morgan fingerprint density at radius 3 is 2.52 bits per heavy atom. The molecule has 9 heteroatoms. The molecule has 0 spiro atoms. The highest BCUT2D eigenvalue weighted by Crippen LogP contribution is 2.16. The first-order chi connectivity index (χ1) is 15.9. The Hall–Kier alpha value is -3.30. The summed E-state index contributed by atoms with van der Waals surface area (Å²) in [7, 11) is -4.28. The van der Waals surface area contributed by atoms with E-state index in [1.165, 1.54) is 12.1 Å². The van der Waals surface area contributed by atoms with Gasteiger partial charge in [0.25, 0.3) is 0 Å². The van der Waals surface area contributed by atoms with Gasteiger partial charge in [-0.15, -0.1) is 0 Å². The van der Waals surface area contributed by atoms with Crippen molar-refractivity contribution in [3.05, 3.63) is 89.9 Å². The highest BCUT2D eigenvalue weighted by molar-refractivity contribution is 7.89. The number of nitrogens with one attached hydrogen (secondary N) is 2. The molecule has 7 nitrogen and oxygen atoms in total. The van der Waals surface area contributed by atoms with Crippen LogP contribution in [-0.2, 0) is 27.8 Å². The fourth-order valence-electron chi connectivity index (χ4n) is 3.14. The molecule has 1 heterocycles. The number of amides is 1. The highest BCUT2D eigenvalue weighted by atomic mass is 32.2. The van der Waals surface area contributed by atoms with Gasteiger partial charge in [0.2, 0.25) is 21.8 Å². The van der Waals surface area contributed by atoms with Crippen molar-refractivity contribution in [1.82, 2.24) is 15.0 Å². The molecule has 0 fully saturated rings. The van der Waals surface area contributed by atoms with Crippen molar-refractivity contribution >= 4 is 15.9 Å². The summed E-state index contributed by atoms with van der Waals surface area (Å²) in [6, 6.07) is 16.4. The number of halogens is 1. The van der Waals surface area contributed by atoms with Crippen molar-refractivity contribution in [2.75, 3.05) is 6.61 Å². The van der Waals surface area contributed by atoms with E-state index in [4.69, 9.17) is 4.74 Å². The van der Waals surface area contributed by atoms with E-state index in [0.29, 0.717) is 18.1 Å². The van der Waals surface area contributed by atoms with Crippen molar-refractivity contribution in [1.29, 1.82) is 0 Å². The van der Waals surface area contributed by atoms with Gasteiger partial charge in [-0.05, 0) is 36.6 Å². The SMILES string of the molecule is CCCOc1ncccc1CNC(=O)C(Cc1ccccc1)NS(=O)(=O)c1ccccc1F. The molecule has 0 aliphatic heterocycles. The first kappa shape index (κ1) is 24.3. The number of carbonyl (C=O) groups excluding carboxylic acids is 1. The minimum absolute atomic E-state index is 0.0899. The average molecular weight is 472 g/mol. The van der Waals surface area contributed by atoms with Gasteiger partial charge in [-0.25, -0.2) is 17.8 Å². The molecule has 2 aromatic carbocycles. The Morgan fingerprint density at radius 2 is 1.79 bits per heavy atom. The van der Waals surface area contributed by atoms with E-state index in [0.717, 1.165) is 24.1 Å². The lowest BCUT2D eigenvalue weighted by molar-refractivity contribution is -0.122. The third-order valence-electron chi connectivity index (χ3n) is 4.77. The third-order valence-corrected chi connectivity index (χ3v) is 6.27.